The van der Waals surface area contributed by atoms with E-state index in [1.165, 1.54) is 0 Å². The van der Waals surface area contributed by atoms with Crippen molar-refractivity contribution in [1.29, 1.82) is 0 Å². The molecule has 0 aliphatic heterocycles. The van der Waals surface area contributed by atoms with Crippen LogP contribution in [0.1, 0.15) is 0 Å². The Bertz CT molecular complexity index is 363. The first-order valence-electron chi connectivity index (χ1n) is 5.91. The number of carbonyl (C=O) groups excluding carboxylic acids is 2. The maximum absolute atomic E-state index is 11.4. The fourth-order valence-corrected chi connectivity index (χ4v) is 78.4. The van der Waals surface area contributed by atoms with Crippen molar-refractivity contribution in [3.05, 3.63) is 4.84 Å². The quantitative estimate of drug-likeness (QED) is 0.431. The Kier molecular flexibility index (Phi) is 6.36. The van der Waals surface area contributed by atoms with Crippen LogP contribution in [0.25, 0.3) is 0 Å². The molecular formula is C12H24GeO2Sn2. The molecule has 0 saturated carbocycles. The van der Waals surface area contributed by atoms with Gasteiger partial charge in [0.25, 0.3) is 0 Å². The van der Waals surface area contributed by atoms with Gasteiger partial charge in [-0.2, -0.15) is 0 Å². The van der Waals surface area contributed by atoms with E-state index in [0.29, 0.717) is 0 Å². The predicted octanol–water partition coefficient (Wildman–Crippen LogP) is 3.04. The maximum atomic E-state index is 11.4. The van der Waals surface area contributed by atoms with Gasteiger partial charge in [0, 0.05) is 0 Å². The molecule has 0 N–H and O–H groups in total. The molecule has 0 rings (SSSR count). The van der Waals surface area contributed by atoms with Gasteiger partial charge >= 0.3 is 117 Å². The molecule has 0 radical (unpaired) electrons. The summed E-state index contributed by atoms with van der Waals surface area (Å²) >= 11 is -7.49. The third-order valence-corrected chi connectivity index (χ3v) is 57.4. The van der Waals surface area contributed by atoms with Crippen molar-refractivity contribution in [3.8, 4) is 0 Å². The Balaban J connectivity index is 5.89. The minimum absolute atomic E-state index is 1.06. The summed E-state index contributed by atoms with van der Waals surface area (Å²) in [5.41, 5.74) is 0. The molecule has 0 unspecified atom stereocenters. The second-order valence-electron chi connectivity index (χ2n) is 7.08. The molecular weight excluding hydrogens is 486 g/mol. The second-order valence-corrected chi connectivity index (χ2v) is 50.5. The molecule has 0 fully saturated rings. The number of hydrogen-bond acceptors (Lipinski definition) is 2. The normalized spacial score (nSPS) is 12.7. The van der Waals surface area contributed by atoms with Gasteiger partial charge in [0.2, 0.25) is 0 Å². The molecule has 0 atom stereocenters. The van der Waals surface area contributed by atoms with Gasteiger partial charge in [-0.3, -0.25) is 0 Å². The summed E-state index contributed by atoms with van der Waals surface area (Å²) in [6, 6.07) is 0. The van der Waals surface area contributed by atoms with Crippen LogP contribution in [0.3, 0.4) is 0 Å². The molecule has 0 amide bonds. The topological polar surface area (TPSA) is 34.1 Å². The molecule has 0 saturated heterocycles. The van der Waals surface area contributed by atoms with Gasteiger partial charge in [-0.1, -0.05) is 0 Å². The van der Waals surface area contributed by atoms with Gasteiger partial charge in [-0.15, -0.1) is 0 Å². The summed E-state index contributed by atoms with van der Waals surface area (Å²) in [5, 5.41) is 0. The van der Waals surface area contributed by atoms with Crippen molar-refractivity contribution in [2.75, 3.05) is 0 Å². The molecule has 17 heavy (non-hydrogen) atoms. The first-order valence-corrected chi connectivity index (χ1v) is 32.2. The van der Waals surface area contributed by atoms with E-state index >= 15 is 0 Å². The summed E-state index contributed by atoms with van der Waals surface area (Å²) in [5.74, 6) is 8.86. The van der Waals surface area contributed by atoms with E-state index < -0.39 is 50.0 Å². The van der Waals surface area contributed by atoms with Gasteiger partial charge in [0.05, 0.1) is 0 Å². The van der Waals surface area contributed by atoms with E-state index in [9.17, 15) is 9.59 Å². The molecule has 0 aliphatic carbocycles. The Morgan fingerprint density at radius 2 is 1.00 bits per heavy atom. The van der Waals surface area contributed by atoms with Crippen LogP contribution in [0.15, 0.2) is 4.84 Å². The van der Waals surface area contributed by atoms with Crippen molar-refractivity contribution >= 4 is 61.9 Å². The molecule has 96 valence electrons. The van der Waals surface area contributed by atoms with Gasteiger partial charge in [-0.25, -0.2) is 0 Å². The zero-order chi connectivity index (χ0) is 14.1. The van der Waals surface area contributed by atoms with Crippen LogP contribution < -0.4 is 0 Å². The van der Waals surface area contributed by atoms with E-state index in [2.05, 4.69) is 53.0 Å². The van der Waals surface area contributed by atoms with Gasteiger partial charge < -0.3 is 0 Å². The fraction of sp³-hybridized carbons (Fsp3) is 0.667. The Labute approximate surface area is 116 Å². The molecule has 5 heteroatoms. The predicted molar refractivity (Wildman–Crippen MR) is 82.6 cm³/mol. The summed E-state index contributed by atoms with van der Waals surface area (Å²) < 4.78 is 2.12. The zero-order valence-corrected chi connectivity index (χ0v) is 20.1. The van der Waals surface area contributed by atoms with Gasteiger partial charge in [0.15, 0.2) is 0 Å². The van der Waals surface area contributed by atoms with Crippen LogP contribution in [0.4, 0.5) is 0 Å². The Hall–Kier alpha value is 1.04. The first kappa shape index (κ1) is 18.0. The molecule has 0 aromatic carbocycles. The standard InChI is InChI=1S/C6H6GeO2.6CH3.2Sn/c1-7(2,3-5-8)4-6-9;;;;;;;;/h1-2H3;6*1H3;;. The van der Waals surface area contributed by atoms with Crippen molar-refractivity contribution in [1.82, 2.24) is 0 Å². The van der Waals surface area contributed by atoms with Crippen molar-refractivity contribution in [2.24, 2.45) is 0 Å². The van der Waals surface area contributed by atoms with Crippen LogP contribution in [0.5, 0.6) is 0 Å². The van der Waals surface area contributed by atoms with E-state index in [1.54, 1.807) is 0 Å². The Morgan fingerprint density at radius 1 is 0.765 bits per heavy atom. The van der Waals surface area contributed by atoms with Crippen LogP contribution in [-0.2, 0) is 9.59 Å². The number of rotatable bonds is 4. The fourth-order valence-electron chi connectivity index (χ4n) is 2.56. The molecule has 0 bridgehead atoms. The minimum atomic E-state index is -2.63. The average Bonchev–Trinajstić information content (AvgIpc) is 1.98. The molecule has 0 spiro atoms. The van der Waals surface area contributed by atoms with E-state index in [1.807, 2.05) is 0 Å². The van der Waals surface area contributed by atoms with Crippen LogP contribution in [-0.4, -0.2) is 61.9 Å². The van der Waals surface area contributed by atoms with E-state index in [0.717, 1.165) is 4.84 Å². The first-order chi connectivity index (χ1) is 7.39. The molecule has 0 aromatic rings. The molecule has 2 nitrogen and oxygen atoms in total. The van der Waals surface area contributed by atoms with Crippen LogP contribution >= 0.6 is 0 Å². The van der Waals surface area contributed by atoms with E-state index in [-0.39, 0.29) is 0 Å². The summed E-state index contributed by atoms with van der Waals surface area (Å²) in [4.78, 5) is 36.2. The van der Waals surface area contributed by atoms with Gasteiger partial charge in [0.1, 0.15) is 0 Å². The monoisotopic (exact) mass is 514 g/mol. The average molecular weight is 510 g/mol. The van der Waals surface area contributed by atoms with Crippen molar-refractivity contribution in [2.45, 2.75) is 41.2 Å². The summed E-state index contributed by atoms with van der Waals surface area (Å²) in [6.45, 7) is 0. The molecule has 0 aliphatic rings. The van der Waals surface area contributed by atoms with Crippen LogP contribution in [0.2, 0.25) is 41.2 Å². The second kappa shape index (κ2) is 6.00. The molecule has 0 heterocycles. The van der Waals surface area contributed by atoms with Crippen molar-refractivity contribution < 1.29 is 9.59 Å². The van der Waals surface area contributed by atoms with Crippen LogP contribution in [0, 0.1) is 0 Å². The third kappa shape index (κ3) is 4.57. The summed E-state index contributed by atoms with van der Waals surface area (Å²) in [7, 11) is 0. The van der Waals surface area contributed by atoms with E-state index in [4.69, 9.17) is 0 Å². The molecule has 0 aromatic heterocycles. The number of hydrogen-bond donors (Lipinski definition) is 0. The zero-order valence-electron chi connectivity index (χ0n) is 12.3. The summed E-state index contributed by atoms with van der Waals surface area (Å²) in [6.07, 6.45) is 0. The third-order valence-electron chi connectivity index (χ3n) is 2.95. The Morgan fingerprint density at radius 3 is 1.12 bits per heavy atom. The van der Waals surface area contributed by atoms with Gasteiger partial charge in [-0.05, 0) is 0 Å². The van der Waals surface area contributed by atoms with Crippen molar-refractivity contribution in [3.63, 3.8) is 0 Å². The SMILES string of the molecule is [CH3][Ge]([CH3])([C](=C=O)[Sn]([CH3])([CH3])[CH3])[C](=C=O)[Sn]([CH3])([CH3])[CH3].